The Balaban J connectivity index is 1.61. The molecule has 0 saturated heterocycles. The third-order valence-electron chi connectivity index (χ3n) is 3.73. The SMILES string of the molecule is COc1ccc(Cc2nnc(NC(=O)C=Cc3ccccc3)s2)cc1OC. The van der Waals surface area contributed by atoms with Crippen molar-refractivity contribution in [2.45, 2.75) is 6.42 Å². The molecule has 0 fully saturated rings. The maximum absolute atomic E-state index is 12.0. The zero-order valence-corrected chi connectivity index (χ0v) is 15.8. The van der Waals surface area contributed by atoms with E-state index in [1.807, 2.05) is 48.5 Å². The second-order valence-corrected chi connectivity index (χ2v) is 6.66. The number of ether oxygens (including phenoxy) is 2. The number of anilines is 1. The zero-order valence-electron chi connectivity index (χ0n) is 15.0. The number of methoxy groups -OCH3 is 2. The summed E-state index contributed by atoms with van der Waals surface area (Å²) in [6.07, 6.45) is 3.82. The Morgan fingerprint density at radius 2 is 1.85 bits per heavy atom. The van der Waals surface area contributed by atoms with Crippen LogP contribution in [0.25, 0.3) is 6.08 Å². The van der Waals surface area contributed by atoms with Crippen molar-refractivity contribution < 1.29 is 14.3 Å². The van der Waals surface area contributed by atoms with Gasteiger partial charge in [-0.1, -0.05) is 47.7 Å². The fraction of sp³-hybridized carbons (Fsp3) is 0.150. The van der Waals surface area contributed by atoms with E-state index in [9.17, 15) is 4.79 Å². The van der Waals surface area contributed by atoms with Gasteiger partial charge in [0.25, 0.3) is 0 Å². The van der Waals surface area contributed by atoms with Gasteiger partial charge in [-0.3, -0.25) is 10.1 Å². The number of amides is 1. The van der Waals surface area contributed by atoms with E-state index >= 15 is 0 Å². The molecule has 7 heteroatoms. The second kappa shape index (κ2) is 8.95. The minimum Gasteiger partial charge on any atom is -0.493 e. The van der Waals surface area contributed by atoms with Crippen LogP contribution in [-0.4, -0.2) is 30.3 Å². The number of aromatic nitrogens is 2. The van der Waals surface area contributed by atoms with Crippen LogP contribution in [0, 0.1) is 0 Å². The lowest BCUT2D eigenvalue weighted by atomic mass is 10.1. The number of nitrogens with zero attached hydrogens (tertiary/aromatic N) is 2. The van der Waals surface area contributed by atoms with E-state index in [0.29, 0.717) is 23.1 Å². The fourth-order valence-corrected chi connectivity index (χ4v) is 3.20. The Hall–Kier alpha value is -3.19. The summed E-state index contributed by atoms with van der Waals surface area (Å²) in [5.74, 6) is 1.10. The van der Waals surface area contributed by atoms with Crippen LogP contribution in [0.2, 0.25) is 0 Å². The summed E-state index contributed by atoms with van der Waals surface area (Å²) < 4.78 is 10.6. The van der Waals surface area contributed by atoms with Crippen molar-refractivity contribution in [3.05, 3.63) is 70.7 Å². The first-order valence-electron chi connectivity index (χ1n) is 8.25. The highest BCUT2D eigenvalue weighted by Crippen LogP contribution is 2.29. The molecule has 0 aliphatic rings. The molecule has 0 spiro atoms. The summed E-state index contributed by atoms with van der Waals surface area (Å²) in [5, 5.41) is 12.2. The van der Waals surface area contributed by atoms with Crippen LogP contribution in [0.3, 0.4) is 0 Å². The predicted octanol–water partition coefficient (Wildman–Crippen LogP) is 3.80. The third-order valence-corrected chi connectivity index (χ3v) is 4.57. The lowest BCUT2D eigenvalue weighted by molar-refractivity contribution is -0.111. The molecular weight excluding hydrogens is 362 g/mol. The summed E-state index contributed by atoms with van der Waals surface area (Å²) in [5.41, 5.74) is 1.98. The number of nitrogens with one attached hydrogen (secondary N) is 1. The summed E-state index contributed by atoms with van der Waals surface area (Å²) >= 11 is 1.34. The second-order valence-electron chi connectivity index (χ2n) is 5.60. The van der Waals surface area contributed by atoms with Gasteiger partial charge in [0.2, 0.25) is 11.0 Å². The first kappa shape index (κ1) is 18.6. The maximum Gasteiger partial charge on any atom is 0.250 e. The first-order valence-corrected chi connectivity index (χ1v) is 9.07. The Morgan fingerprint density at radius 1 is 1.07 bits per heavy atom. The Labute approximate surface area is 161 Å². The molecule has 0 saturated carbocycles. The van der Waals surface area contributed by atoms with Crippen molar-refractivity contribution in [1.82, 2.24) is 10.2 Å². The van der Waals surface area contributed by atoms with Crippen LogP contribution in [0.1, 0.15) is 16.1 Å². The van der Waals surface area contributed by atoms with Gasteiger partial charge in [0.15, 0.2) is 11.5 Å². The summed E-state index contributed by atoms with van der Waals surface area (Å²) in [6.45, 7) is 0. The molecule has 1 heterocycles. The Morgan fingerprint density at radius 3 is 2.59 bits per heavy atom. The van der Waals surface area contributed by atoms with Crippen LogP contribution in [0.4, 0.5) is 5.13 Å². The van der Waals surface area contributed by atoms with Gasteiger partial charge in [0.05, 0.1) is 14.2 Å². The lowest BCUT2D eigenvalue weighted by Crippen LogP contribution is -2.07. The van der Waals surface area contributed by atoms with E-state index in [1.165, 1.54) is 17.4 Å². The Bertz CT molecular complexity index is 939. The predicted molar refractivity (Wildman–Crippen MR) is 106 cm³/mol. The van der Waals surface area contributed by atoms with E-state index in [1.54, 1.807) is 20.3 Å². The summed E-state index contributed by atoms with van der Waals surface area (Å²) in [7, 11) is 3.20. The molecule has 0 bridgehead atoms. The summed E-state index contributed by atoms with van der Waals surface area (Å²) in [4.78, 5) is 12.0. The average molecular weight is 381 g/mol. The monoisotopic (exact) mass is 381 g/mol. The molecule has 1 N–H and O–H groups in total. The van der Waals surface area contributed by atoms with Crippen molar-refractivity contribution in [2.75, 3.05) is 19.5 Å². The smallest absolute Gasteiger partial charge is 0.250 e. The molecule has 0 radical (unpaired) electrons. The topological polar surface area (TPSA) is 73.3 Å². The molecule has 3 aromatic rings. The summed E-state index contributed by atoms with van der Waals surface area (Å²) in [6, 6.07) is 15.3. The van der Waals surface area contributed by atoms with Crippen molar-refractivity contribution in [3.63, 3.8) is 0 Å². The fourth-order valence-electron chi connectivity index (χ4n) is 2.42. The Kier molecular flexibility index (Phi) is 6.17. The highest BCUT2D eigenvalue weighted by Gasteiger charge is 2.10. The zero-order chi connectivity index (χ0) is 19.1. The lowest BCUT2D eigenvalue weighted by Gasteiger charge is -2.08. The van der Waals surface area contributed by atoms with Crippen LogP contribution >= 0.6 is 11.3 Å². The molecule has 138 valence electrons. The molecule has 27 heavy (non-hydrogen) atoms. The first-order chi connectivity index (χ1) is 13.2. The van der Waals surface area contributed by atoms with Gasteiger partial charge in [-0.05, 0) is 29.3 Å². The van der Waals surface area contributed by atoms with Gasteiger partial charge in [0, 0.05) is 12.5 Å². The molecule has 0 unspecified atom stereocenters. The quantitative estimate of drug-likeness (QED) is 0.630. The van der Waals surface area contributed by atoms with Crippen LogP contribution in [0.5, 0.6) is 11.5 Å². The molecule has 3 rings (SSSR count). The number of hydrogen-bond donors (Lipinski definition) is 1. The van der Waals surface area contributed by atoms with Gasteiger partial charge in [0.1, 0.15) is 5.01 Å². The van der Waals surface area contributed by atoms with Gasteiger partial charge in [-0.15, -0.1) is 10.2 Å². The van der Waals surface area contributed by atoms with Crippen LogP contribution in [-0.2, 0) is 11.2 Å². The van der Waals surface area contributed by atoms with E-state index in [0.717, 1.165) is 16.1 Å². The van der Waals surface area contributed by atoms with Crippen LogP contribution in [0.15, 0.2) is 54.6 Å². The molecule has 0 atom stereocenters. The van der Waals surface area contributed by atoms with Crippen LogP contribution < -0.4 is 14.8 Å². The number of benzene rings is 2. The van der Waals surface area contributed by atoms with Crippen molar-refractivity contribution in [2.24, 2.45) is 0 Å². The van der Waals surface area contributed by atoms with E-state index < -0.39 is 0 Å². The highest BCUT2D eigenvalue weighted by atomic mass is 32.1. The van der Waals surface area contributed by atoms with Gasteiger partial charge >= 0.3 is 0 Å². The molecule has 0 aliphatic carbocycles. The number of rotatable bonds is 7. The minimum atomic E-state index is -0.243. The molecule has 6 nitrogen and oxygen atoms in total. The van der Waals surface area contributed by atoms with Crippen molar-refractivity contribution >= 4 is 28.5 Å². The third kappa shape index (κ3) is 5.15. The van der Waals surface area contributed by atoms with E-state index in [2.05, 4.69) is 15.5 Å². The van der Waals surface area contributed by atoms with E-state index in [4.69, 9.17) is 9.47 Å². The molecule has 2 aromatic carbocycles. The molecule has 1 amide bonds. The van der Waals surface area contributed by atoms with Crippen molar-refractivity contribution in [1.29, 1.82) is 0 Å². The van der Waals surface area contributed by atoms with Gasteiger partial charge in [-0.25, -0.2) is 0 Å². The molecule has 0 aliphatic heterocycles. The number of carbonyl (C=O) groups is 1. The number of hydrogen-bond acceptors (Lipinski definition) is 6. The van der Waals surface area contributed by atoms with Crippen molar-refractivity contribution in [3.8, 4) is 11.5 Å². The minimum absolute atomic E-state index is 0.243. The standard InChI is InChI=1S/C20H19N3O3S/c1-25-16-10-8-15(12-17(16)26-2)13-19-22-23-20(27-19)21-18(24)11-9-14-6-4-3-5-7-14/h3-12H,13H2,1-2H3,(H,21,23,24). The van der Waals surface area contributed by atoms with Gasteiger partial charge in [-0.2, -0.15) is 0 Å². The normalized spacial score (nSPS) is 10.7. The largest absolute Gasteiger partial charge is 0.493 e. The molecule has 1 aromatic heterocycles. The average Bonchev–Trinajstić information content (AvgIpc) is 3.13. The number of carbonyl (C=O) groups excluding carboxylic acids is 1. The highest BCUT2D eigenvalue weighted by molar-refractivity contribution is 7.15. The van der Waals surface area contributed by atoms with E-state index in [-0.39, 0.29) is 5.91 Å². The maximum atomic E-state index is 12.0. The molecular formula is C20H19N3O3S. The van der Waals surface area contributed by atoms with Gasteiger partial charge < -0.3 is 9.47 Å².